The zero-order valence-electron chi connectivity index (χ0n) is 6.62. The van der Waals surface area contributed by atoms with Crippen molar-refractivity contribution in [3.63, 3.8) is 0 Å². The maximum Gasteiger partial charge on any atom is 0.184 e. The molecule has 0 aliphatic rings. The highest BCUT2D eigenvalue weighted by atomic mass is 14.9. The summed E-state index contributed by atoms with van der Waals surface area (Å²) in [6, 6.07) is 3.74. The van der Waals surface area contributed by atoms with Crippen molar-refractivity contribution in [1.29, 1.82) is 0 Å². The van der Waals surface area contributed by atoms with Gasteiger partial charge in [0, 0.05) is 0 Å². The third kappa shape index (κ3) is 2.37. The van der Waals surface area contributed by atoms with E-state index in [4.69, 9.17) is 5.73 Å². The van der Waals surface area contributed by atoms with E-state index in [1.165, 1.54) is 0 Å². The summed E-state index contributed by atoms with van der Waals surface area (Å²) in [5.41, 5.74) is 7.14. The van der Waals surface area contributed by atoms with Gasteiger partial charge in [0.2, 0.25) is 0 Å². The molecular formula is C8H12N3+. The van der Waals surface area contributed by atoms with Crippen LogP contribution in [0.4, 0.5) is 5.69 Å². The molecule has 2 N–H and O–H groups in total. The summed E-state index contributed by atoms with van der Waals surface area (Å²) in [6.45, 7) is 4.47. The van der Waals surface area contributed by atoms with Gasteiger partial charge in [0.25, 0.3) is 0 Å². The zero-order valence-corrected chi connectivity index (χ0v) is 6.62. The molecule has 0 spiro atoms. The van der Waals surface area contributed by atoms with E-state index in [0.29, 0.717) is 5.69 Å². The second-order valence-electron chi connectivity index (χ2n) is 2.60. The molecule has 0 saturated heterocycles. The number of nitrogen functional groups attached to an aromatic ring is 1. The van der Waals surface area contributed by atoms with Crippen LogP contribution < -0.4 is 5.73 Å². The molecule has 1 aromatic heterocycles. The molecule has 0 saturated carbocycles. The number of rotatable bonds is 2. The van der Waals surface area contributed by atoms with Crippen LogP contribution in [0.5, 0.6) is 0 Å². The Morgan fingerprint density at radius 3 is 2.82 bits per heavy atom. The van der Waals surface area contributed by atoms with Gasteiger partial charge in [-0.15, -0.1) is 0 Å². The Labute approximate surface area is 66.2 Å². The number of nitrogens with two attached hydrogens (primary N) is 1. The van der Waals surface area contributed by atoms with Crippen molar-refractivity contribution in [2.24, 2.45) is 0 Å². The minimum atomic E-state index is 0.695. The van der Waals surface area contributed by atoms with Gasteiger partial charge in [-0.3, -0.25) is 4.98 Å². The summed E-state index contributed by atoms with van der Waals surface area (Å²) in [6.07, 6.45) is 1.65. The van der Waals surface area contributed by atoms with Crippen molar-refractivity contribution >= 4 is 12.4 Å². The Morgan fingerprint density at radius 2 is 2.36 bits per heavy atom. The van der Waals surface area contributed by atoms with E-state index in [1.807, 2.05) is 23.8 Å². The van der Waals surface area contributed by atoms with Gasteiger partial charge < -0.3 is 5.73 Å². The van der Waals surface area contributed by atoms with Gasteiger partial charge in [0.1, 0.15) is 19.5 Å². The average Bonchev–Trinajstić information content (AvgIpc) is 1.93. The Morgan fingerprint density at radius 1 is 1.64 bits per heavy atom. The van der Waals surface area contributed by atoms with Gasteiger partial charge in [0.15, 0.2) is 6.54 Å². The summed E-state index contributed by atoms with van der Waals surface area (Å²) < 4.78 is 1.82. The van der Waals surface area contributed by atoms with Gasteiger partial charge in [0.05, 0.1) is 11.9 Å². The highest BCUT2D eigenvalue weighted by Gasteiger charge is 1.97. The molecule has 0 aliphatic carbocycles. The van der Waals surface area contributed by atoms with E-state index in [9.17, 15) is 0 Å². The Balaban J connectivity index is 2.74. The minimum Gasteiger partial charge on any atom is -0.397 e. The number of anilines is 1. The molecule has 11 heavy (non-hydrogen) atoms. The molecule has 58 valence electrons. The highest BCUT2D eigenvalue weighted by Crippen LogP contribution is 2.00. The summed E-state index contributed by atoms with van der Waals surface area (Å²) in [5.74, 6) is 0. The fourth-order valence-electron chi connectivity index (χ4n) is 0.806. The fourth-order valence-corrected chi connectivity index (χ4v) is 0.806. The van der Waals surface area contributed by atoms with E-state index in [-0.39, 0.29) is 0 Å². The number of hydrogen-bond acceptors (Lipinski definition) is 2. The van der Waals surface area contributed by atoms with Crippen LogP contribution in [0.1, 0.15) is 5.69 Å². The van der Waals surface area contributed by atoms with Crippen molar-refractivity contribution in [2.45, 2.75) is 6.54 Å². The molecule has 1 rings (SSSR count). The van der Waals surface area contributed by atoms with Crippen LogP contribution in [0.2, 0.25) is 0 Å². The lowest BCUT2D eigenvalue weighted by Crippen LogP contribution is -2.03. The molecule has 3 nitrogen and oxygen atoms in total. The lowest BCUT2D eigenvalue weighted by atomic mass is 10.3. The van der Waals surface area contributed by atoms with Crippen LogP contribution in [0.3, 0.4) is 0 Å². The van der Waals surface area contributed by atoms with Crippen molar-refractivity contribution in [3.8, 4) is 0 Å². The first kappa shape index (κ1) is 7.72. The van der Waals surface area contributed by atoms with E-state index in [0.717, 1.165) is 12.2 Å². The predicted octanol–water partition coefficient (Wildman–Crippen LogP) is 0.507. The van der Waals surface area contributed by atoms with E-state index >= 15 is 0 Å². The SMILES string of the molecule is C=[N+](C)Cc1ccc(N)cn1. The van der Waals surface area contributed by atoms with Crippen LogP contribution in [-0.2, 0) is 6.54 Å². The summed E-state index contributed by atoms with van der Waals surface area (Å²) >= 11 is 0. The minimum absolute atomic E-state index is 0.695. The van der Waals surface area contributed by atoms with E-state index < -0.39 is 0 Å². The monoisotopic (exact) mass is 150 g/mol. The molecule has 0 radical (unpaired) electrons. The van der Waals surface area contributed by atoms with Crippen LogP contribution in [0.25, 0.3) is 0 Å². The number of pyridine rings is 1. The number of nitrogens with zero attached hydrogens (tertiary/aromatic N) is 2. The van der Waals surface area contributed by atoms with Crippen LogP contribution in [-0.4, -0.2) is 23.3 Å². The first-order valence-corrected chi connectivity index (χ1v) is 3.40. The Bertz CT molecular complexity index is 251. The molecule has 0 bridgehead atoms. The molecule has 0 amide bonds. The Hall–Kier alpha value is -1.38. The lowest BCUT2D eigenvalue weighted by molar-refractivity contribution is -0.505. The van der Waals surface area contributed by atoms with Gasteiger partial charge in [-0.05, 0) is 12.1 Å². The van der Waals surface area contributed by atoms with Crippen LogP contribution in [0, 0.1) is 0 Å². The topological polar surface area (TPSA) is 41.9 Å². The predicted molar refractivity (Wildman–Crippen MR) is 45.7 cm³/mol. The van der Waals surface area contributed by atoms with Crippen molar-refractivity contribution in [3.05, 3.63) is 24.0 Å². The Kier molecular flexibility index (Phi) is 2.21. The lowest BCUT2D eigenvalue weighted by Gasteiger charge is -1.95. The first-order valence-electron chi connectivity index (χ1n) is 3.40. The zero-order chi connectivity index (χ0) is 8.27. The van der Waals surface area contributed by atoms with Gasteiger partial charge in [-0.2, -0.15) is 0 Å². The summed E-state index contributed by atoms with van der Waals surface area (Å²) in [5, 5.41) is 0. The molecule has 0 aromatic carbocycles. The van der Waals surface area contributed by atoms with Crippen LogP contribution >= 0.6 is 0 Å². The van der Waals surface area contributed by atoms with Gasteiger partial charge in [-0.25, -0.2) is 4.58 Å². The second-order valence-corrected chi connectivity index (χ2v) is 2.60. The molecule has 0 atom stereocenters. The highest BCUT2D eigenvalue weighted by molar-refractivity contribution is 5.34. The van der Waals surface area contributed by atoms with Crippen molar-refractivity contribution in [1.82, 2.24) is 4.98 Å². The van der Waals surface area contributed by atoms with E-state index in [2.05, 4.69) is 11.7 Å². The molecule has 0 fully saturated rings. The van der Waals surface area contributed by atoms with Crippen LogP contribution in [0.15, 0.2) is 18.3 Å². The van der Waals surface area contributed by atoms with E-state index in [1.54, 1.807) is 6.20 Å². The van der Waals surface area contributed by atoms with Gasteiger partial charge in [-0.1, -0.05) is 0 Å². The molecule has 1 aromatic rings. The number of aromatic nitrogens is 1. The molecule has 3 heteroatoms. The van der Waals surface area contributed by atoms with Crippen molar-refractivity contribution in [2.75, 3.05) is 12.8 Å². The molecule has 1 heterocycles. The second kappa shape index (κ2) is 3.14. The normalized spacial score (nSPS) is 9.55. The molecular weight excluding hydrogens is 138 g/mol. The summed E-state index contributed by atoms with van der Waals surface area (Å²) in [7, 11) is 1.90. The summed E-state index contributed by atoms with van der Waals surface area (Å²) in [4.78, 5) is 4.11. The van der Waals surface area contributed by atoms with Crippen molar-refractivity contribution < 1.29 is 4.58 Å². The number of hydrogen-bond donors (Lipinski definition) is 1. The molecule has 0 aliphatic heterocycles. The fraction of sp³-hybridized carbons (Fsp3) is 0.250. The quantitative estimate of drug-likeness (QED) is 0.493. The standard InChI is InChI=1S/C8H12N3/c1-11(2)6-8-4-3-7(9)5-10-8/h3-5H,1,6,9H2,2H3/q+1. The third-order valence-electron chi connectivity index (χ3n) is 1.28. The largest absolute Gasteiger partial charge is 0.397 e. The van der Waals surface area contributed by atoms with Gasteiger partial charge >= 0.3 is 0 Å². The average molecular weight is 150 g/mol. The maximum absolute atomic E-state index is 5.47. The molecule has 0 unspecified atom stereocenters. The maximum atomic E-state index is 5.47. The third-order valence-corrected chi connectivity index (χ3v) is 1.28. The first-order chi connectivity index (χ1) is 5.18. The smallest absolute Gasteiger partial charge is 0.184 e.